The van der Waals surface area contributed by atoms with E-state index in [9.17, 15) is 18.0 Å². The van der Waals surface area contributed by atoms with Crippen LogP contribution in [0.1, 0.15) is 15.9 Å². The third kappa shape index (κ3) is 4.84. The van der Waals surface area contributed by atoms with Crippen LogP contribution in [0.2, 0.25) is 0 Å². The van der Waals surface area contributed by atoms with Crippen LogP contribution < -0.4 is 9.80 Å². The Morgan fingerprint density at radius 3 is 2.31 bits per heavy atom. The summed E-state index contributed by atoms with van der Waals surface area (Å²) in [5, 5.41) is 0. The van der Waals surface area contributed by atoms with Crippen molar-refractivity contribution in [1.29, 1.82) is 0 Å². The fraction of sp³-hybridized carbons (Fsp3) is 0.259. The van der Waals surface area contributed by atoms with Gasteiger partial charge in [0.25, 0.3) is 5.91 Å². The second-order valence-corrected chi connectivity index (χ2v) is 10.7. The van der Waals surface area contributed by atoms with Crippen molar-refractivity contribution in [3.05, 3.63) is 90.0 Å². The molecule has 0 aromatic heterocycles. The molecular formula is C27H27N3O5S. The predicted octanol–water partition coefficient (Wildman–Crippen LogP) is 2.94. The van der Waals surface area contributed by atoms with E-state index in [-0.39, 0.29) is 16.4 Å². The third-order valence-electron chi connectivity index (χ3n) is 6.58. The zero-order valence-corrected chi connectivity index (χ0v) is 20.6. The molecule has 3 aromatic rings. The zero-order valence-electron chi connectivity index (χ0n) is 19.7. The maximum Gasteiger partial charge on any atom is 0.338 e. The SMILES string of the molecule is O=C(OCC(=O)N1CCc2ccccc21)c1cccc(S(=O)(=O)N2CCN(c3ccccc3)CC2)c1. The molecule has 1 saturated heterocycles. The van der Waals surface area contributed by atoms with E-state index in [0.717, 1.165) is 23.4 Å². The van der Waals surface area contributed by atoms with Gasteiger partial charge in [-0.15, -0.1) is 0 Å². The van der Waals surface area contributed by atoms with Gasteiger partial charge in [0.05, 0.1) is 10.5 Å². The summed E-state index contributed by atoms with van der Waals surface area (Å²) in [4.78, 5) is 29.1. The maximum atomic E-state index is 13.3. The van der Waals surface area contributed by atoms with Crippen molar-refractivity contribution < 1.29 is 22.7 Å². The van der Waals surface area contributed by atoms with E-state index in [1.165, 1.54) is 28.6 Å². The number of nitrogens with zero attached hydrogens (tertiary/aromatic N) is 3. The Kier molecular flexibility index (Phi) is 6.75. The standard InChI is InChI=1S/C27H27N3O5S/c31-26(30-14-13-21-7-4-5-12-25(21)30)20-35-27(32)22-8-6-11-24(19-22)36(33,34)29-17-15-28(16-18-29)23-9-2-1-3-10-23/h1-12,19H,13-18,20H2. The van der Waals surface area contributed by atoms with E-state index in [2.05, 4.69) is 4.90 Å². The predicted molar refractivity (Wildman–Crippen MR) is 137 cm³/mol. The van der Waals surface area contributed by atoms with Crippen molar-refractivity contribution >= 4 is 33.3 Å². The van der Waals surface area contributed by atoms with Gasteiger partial charge in [-0.3, -0.25) is 4.79 Å². The second kappa shape index (κ2) is 10.1. The lowest BCUT2D eigenvalue weighted by atomic mass is 10.2. The summed E-state index contributed by atoms with van der Waals surface area (Å²) in [5.74, 6) is -1.05. The molecule has 8 nitrogen and oxygen atoms in total. The molecule has 0 aliphatic carbocycles. The number of sulfonamides is 1. The lowest BCUT2D eigenvalue weighted by Crippen LogP contribution is -2.48. The summed E-state index contributed by atoms with van der Waals surface area (Å²) in [7, 11) is -3.78. The van der Waals surface area contributed by atoms with Crippen LogP contribution in [0.25, 0.3) is 0 Å². The fourth-order valence-electron chi connectivity index (χ4n) is 4.64. The Morgan fingerprint density at radius 2 is 1.53 bits per heavy atom. The highest BCUT2D eigenvalue weighted by Gasteiger charge is 2.30. The number of anilines is 2. The van der Waals surface area contributed by atoms with Gasteiger partial charge in [-0.1, -0.05) is 42.5 Å². The van der Waals surface area contributed by atoms with Gasteiger partial charge in [-0.2, -0.15) is 4.31 Å². The minimum absolute atomic E-state index is 0.0323. The van der Waals surface area contributed by atoms with E-state index in [4.69, 9.17) is 4.74 Å². The van der Waals surface area contributed by atoms with Crippen LogP contribution in [0.4, 0.5) is 11.4 Å². The van der Waals surface area contributed by atoms with Crippen LogP contribution in [-0.2, 0) is 26.0 Å². The minimum Gasteiger partial charge on any atom is -0.452 e. The van der Waals surface area contributed by atoms with Crippen molar-refractivity contribution in [2.75, 3.05) is 49.1 Å². The second-order valence-electron chi connectivity index (χ2n) is 8.75. The monoisotopic (exact) mass is 505 g/mol. The first-order valence-corrected chi connectivity index (χ1v) is 13.3. The molecule has 2 heterocycles. The molecule has 36 heavy (non-hydrogen) atoms. The molecule has 0 atom stereocenters. The lowest BCUT2D eigenvalue weighted by molar-refractivity contribution is -0.121. The van der Waals surface area contributed by atoms with Crippen LogP contribution in [-0.4, -0.2) is 63.9 Å². The topological polar surface area (TPSA) is 87.2 Å². The molecule has 5 rings (SSSR count). The van der Waals surface area contributed by atoms with Crippen LogP contribution >= 0.6 is 0 Å². The molecule has 0 saturated carbocycles. The highest BCUT2D eigenvalue weighted by Crippen LogP contribution is 2.27. The van der Waals surface area contributed by atoms with Crippen LogP contribution in [0.15, 0.2) is 83.8 Å². The Morgan fingerprint density at radius 1 is 0.806 bits per heavy atom. The first kappa shape index (κ1) is 24.0. The van der Waals surface area contributed by atoms with E-state index in [1.807, 2.05) is 54.6 Å². The van der Waals surface area contributed by atoms with Crippen molar-refractivity contribution in [2.45, 2.75) is 11.3 Å². The number of hydrogen-bond donors (Lipinski definition) is 0. The largest absolute Gasteiger partial charge is 0.452 e. The summed E-state index contributed by atoms with van der Waals surface area (Å²) in [6.07, 6.45) is 0.759. The summed E-state index contributed by atoms with van der Waals surface area (Å²) >= 11 is 0. The molecule has 0 bridgehead atoms. The third-order valence-corrected chi connectivity index (χ3v) is 8.48. The first-order valence-electron chi connectivity index (χ1n) is 11.9. The smallest absolute Gasteiger partial charge is 0.338 e. The van der Waals surface area contributed by atoms with Gasteiger partial charge in [0.15, 0.2) is 6.61 Å². The molecule has 1 fully saturated rings. The van der Waals surface area contributed by atoms with Crippen molar-refractivity contribution in [2.24, 2.45) is 0 Å². The molecule has 0 spiro atoms. The average Bonchev–Trinajstić information content (AvgIpc) is 3.36. The molecule has 3 aromatic carbocycles. The van der Waals surface area contributed by atoms with Gasteiger partial charge in [-0.25, -0.2) is 13.2 Å². The number of para-hydroxylation sites is 2. The Balaban J connectivity index is 1.21. The van der Waals surface area contributed by atoms with Crippen LogP contribution in [0.5, 0.6) is 0 Å². The van der Waals surface area contributed by atoms with E-state index in [0.29, 0.717) is 32.7 Å². The molecule has 1 amide bonds. The number of amides is 1. The van der Waals surface area contributed by atoms with Gasteiger partial charge in [0.2, 0.25) is 10.0 Å². The molecule has 9 heteroatoms. The van der Waals surface area contributed by atoms with Gasteiger partial charge in [0.1, 0.15) is 0 Å². The number of carbonyl (C=O) groups is 2. The molecular weight excluding hydrogens is 478 g/mol. The molecule has 186 valence electrons. The van der Waals surface area contributed by atoms with Crippen molar-refractivity contribution in [3.8, 4) is 0 Å². The number of carbonyl (C=O) groups excluding carboxylic acids is 2. The normalized spacial score (nSPS) is 16.0. The Bertz CT molecular complexity index is 1370. The van der Waals surface area contributed by atoms with Gasteiger partial charge < -0.3 is 14.5 Å². The maximum absolute atomic E-state index is 13.3. The fourth-order valence-corrected chi connectivity index (χ4v) is 6.11. The zero-order chi connectivity index (χ0) is 25.1. The summed E-state index contributed by atoms with van der Waals surface area (Å²) in [5.41, 5.74) is 3.07. The number of esters is 1. The number of fused-ring (bicyclic) bond motifs is 1. The quantitative estimate of drug-likeness (QED) is 0.479. The lowest BCUT2D eigenvalue weighted by Gasteiger charge is -2.35. The van der Waals surface area contributed by atoms with Crippen molar-refractivity contribution in [1.82, 2.24) is 4.31 Å². The van der Waals surface area contributed by atoms with Gasteiger partial charge >= 0.3 is 5.97 Å². The van der Waals surface area contributed by atoms with Crippen LogP contribution in [0.3, 0.4) is 0 Å². The number of piperazine rings is 1. The Hall–Kier alpha value is -3.69. The van der Waals surface area contributed by atoms with Gasteiger partial charge in [-0.05, 0) is 48.4 Å². The number of hydrogen-bond acceptors (Lipinski definition) is 6. The van der Waals surface area contributed by atoms with E-state index < -0.39 is 22.6 Å². The highest BCUT2D eigenvalue weighted by molar-refractivity contribution is 7.89. The van der Waals surface area contributed by atoms with E-state index >= 15 is 0 Å². The minimum atomic E-state index is -3.78. The summed E-state index contributed by atoms with van der Waals surface area (Å²) in [6, 6.07) is 23.3. The molecule has 0 unspecified atom stereocenters. The highest BCUT2D eigenvalue weighted by atomic mass is 32.2. The van der Waals surface area contributed by atoms with Crippen LogP contribution in [0, 0.1) is 0 Å². The van der Waals surface area contributed by atoms with E-state index in [1.54, 1.807) is 4.90 Å². The Labute approximate surface area is 210 Å². The van der Waals surface area contributed by atoms with Crippen molar-refractivity contribution in [3.63, 3.8) is 0 Å². The summed E-state index contributed by atoms with van der Waals surface area (Å²) < 4.78 is 33.2. The average molecular weight is 506 g/mol. The molecule has 0 radical (unpaired) electrons. The molecule has 0 N–H and O–H groups in total. The van der Waals surface area contributed by atoms with Gasteiger partial charge in [0, 0.05) is 44.1 Å². The number of rotatable bonds is 6. The molecule has 2 aliphatic rings. The summed E-state index contributed by atoms with van der Waals surface area (Å²) in [6.45, 7) is 1.97. The number of benzene rings is 3. The number of ether oxygens (including phenoxy) is 1. The first-order chi connectivity index (χ1) is 17.4. The molecule has 2 aliphatic heterocycles.